The second-order valence-corrected chi connectivity index (χ2v) is 5.24. The van der Waals surface area contributed by atoms with Gasteiger partial charge in [-0.15, -0.1) is 0 Å². The monoisotopic (exact) mass is 280 g/mol. The average Bonchev–Trinajstić information content (AvgIpc) is 2.46. The van der Waals surface area contributed by atoms with Gasteiger partial charge in [0.2, 0.25) is 5.75 Å². The highest BCUT2D eigenvalue weighted by Crippen LogP contribution is 2.38. The van der Waals surface area contributed by atoms with Crippen molar-refractivity contribution in [1.82, 2.24) is 0 Å². The van der Waals surface area contributed by atoms with Crippen molar-refractivity contribution in [2.45, 2.75) is 65.2 Å². The van der Waals surface area contributed by atoms with Crippen molar-refractivity contribution < 1.29 is 14.9 Å². The molecule has 114 valence electrons. The lowest BCUT2D eigenvalue weighted by Crippen LogP contribution is -2.00. The zero-order valence-electron chi connectivity index (χ0n) is 12.8. The summed E-state index contributed by atoms with van der Waals surface area (Å²) < 4.78 is 5.66. The molecule has 0 aliphatic heterocycles. The molecule has 0 spiro atoms. The van der Waals surface area contributed by atoms with Crippen molar-refractivity contribution in [3.05, 3.63) is 17.7 Å². The van der Waals surface area contributed by atoms with E-state index in [1.165, 1.54) is 38.2 Å². The Bertz CT molecular complexity index is 388. The molecule has 1 aromatic rings. The highest BCUT2D eigenvalue weighted by atomic mass is 16.5. The van der Waals surface area contributed by atoms with E-state index in [0.29, 0.717) is 12.4 Å². The number of hydrogen-bond donors (Lipinski definition) is 2. The maximum absolute atomic E-state index is 9.83. The van der Waals surface area contributed by atoms with Crippen LogP contribution >= 0.6 is 0 Å². The van der Waals surface area contributed by atoms with Crippen LogP contribution in [-0.4, -0.2) is 16.8 Å². The van der Waals surface area contributed by atoms with Crippen LogP contribution in [0, 0.1) is 0 Å². The van der Waals surface area contributed by atoms with Crippen molar-refractivity contribution in [2.24, 2.45) is 0 Å². The van der Waals surface area contributed by atoms with Gasteiger partial charge >= 0.3 is 0 Å². The molecule has 0 bridgehead atoms. The molecule has 1 rings (SSSR count). The van der Waals surface area contributed by atoms with Gasteiger partial charge in [-0.25, -0.2) is 0 Å². The highest BCUT2D eigenvalue weighted by molar-refractivity contribution is 5.54. The molecule has 20 heavy (non-hydrogen) atoms. The highest BCUT2D eigenvalue weighted by Gasteiger charge is 2.12. The summed E-state index contributed by atoms with van der Waals surface area (Å²) in [5, 5.41) is 19.3. The first-order chi connectivity index (χ1) is 9.70. The molecular weight excluding hydrogens is 252 g/mol. The van der Waals surface area contributed by atoms with Gasteiger partial charge in [-0.1, -0.05) is 58.4 Å². The van der Waals surface area contributed by atoms with Crippen molar-refractivity contribution in [3.63, 3.8) is 0 Å². The van der Waals surface area contributed by atoms with Crippen LogP contribution in [-0.2, 0) is 6.42 Å². The van der Waals surface area contributed by atoms with E-state index in [9.17, 15) is 10.2 Å². The summed E-state index contributed by atoms with van der Waals surface area (Å²) in [6.07, 6.45) is 9.40. The van der Waals surface area contributed by atoms with E-state index in [2.05, 4.69) is 6.92 Å². The van der Waals surface area contributed by atoms with Crippen molar-refractivity contribution in [3.8, 4) is 17.2 Å². The van der Waals surface area contributed by atoms with Crippen LogP contribution < -0.4 is 4.74 Å². The Morgan fingerprint density at radius 2 is 1.55 bits per heavy atom. The average molecular weight is 280 g/mol. The lowest BCUT2D eigenvalue weighted by Gasteiger charge is -2.13. The largest absolute Gasteiger partial charge is 0.504 e. The van der Waals surface area contributed by atoms with Crippen LogP contribution in [0.15, 0.2) is 12.1 Å². The zero-order valence-corrected chi connectivity index (χ0v) is 12.8. The van der Waals surface area contributed by atoms with Gasteiger partial charge in [0.1, 0.15) is 0 Å². The van der Waals surface area contributed by atoms with Gasteiger partial charge < -0.3 is 14.9 Å². The minimum Gasteiger partial charge on any atom is -0.504 e. The first kappa shape index (κ1) is 16.7. The van der Waals surface area contributed by atoms with Gasteiger partial charge in [0, 0.05) is 0 Å². The number of unbranched alkanes of at least 4 members (excludes halogenated alkanes) is 6. The van der Waals surface area contributed by atoms with Gasteiger partial charge in [-0.05, 0) is 24.5 Å². The van der Waals surface area contributed by atoms with Gasteiger partial charge in [0.05, 0.1) is 6.61 Å². The summed E-state index contributed by atoms with van der Waals surface area (Å²) in [7, 11) is 0. The minimum absolute atomic E-state index is 0.114. The van der Waals surface area contributed by atoms with Crippen LogP contribution in [0.3, 0.4) is 0 Å². The van der Waals surface area contributed by atoms with Crippen LogP contribution in [0.25, 0.3) is 0 Å². The smallest absolute Gasteiger partial charge is 0.200 e. The first-order valence-electron chi connectivity index (χ1n) is 7.87. The fraction of sp³-hybridized carbons (Fsp3) is 0.647. The van der Waals surface area contributed by atoms with Crippen molar-refractivity contribution in [1.29, 1.82) is 0 Å². The molecule has 0 saturated heterocycles. The minimum atomic E-state index is -0.132. The number of aromatic hydroxyl groups is 2. The topological polar surface area (TPSA) is 49.7 Å². The Hall–Kier alpha value is -1.38. The molecule has 0 unspecified atom stereocenters. The first-order valence-corrected chi connectivity index (χ1v) is 7.87. The molecule has 0 saturated carbocycles. The molecule has 1 aromatic carbocycles. The predicted molar refractivity (Wildman–Crippen MR) is 82.6 cm³/mol. The summed E-state index contributed by atoms with van der Waals surface area (Å²) >= 11 is 0. The summed E-state index contributed by atoms with van der Waals surface area (Å²) in [6, 6.07) is 3.31. The van der Waals surface area contributed by atoms with Crippen molar-refractivity contribution >= 4 is 0 Å². The quantitative estimate of drug-likeness (QED) is 0.478. The van der Waals surface area contributed by atoms with E-state index < -0.39 is 0 Å². The van der Waals surface area contributed by atoms with E-state index in [1.54, 1.807) is 6.07 Å². The van der Waals surface area contributed by atoms with Gasteiger partial charge in [0.15, 0.2) is 11.5 Å². The lowest BCUT2D eigenvalue weighted by atomic mass is 10.1. The van der Waals surface area contributed by atoms with E-state index in [1.807, 2.05) is 6.92 Å². The Balaban J connectivity index is 2.30. The molecule has 0 aromatic heterocycles. The van der Waals surface area contributed by atoms with E-state index in [-0.39, 0.29) is 11.5 Å². The zero-order chi connectivity index (χ0) is 14.8. The molecule has 0 heterocycles. The van der Waals surface area contributed by atoms with Crippen LogP contribution in [0.4, 0.5) is 0 Å². The third-order valence-corrected chi connectivity index (χ3v) is 3.57. The normalized spacial score (nSPS) is 10.7. The Morgan fingerprint density at radius 3 is 2.20 bits per heavy atom. The maximum Gasteiger partial charge on any atom is 0.200 e. The molecular formula is C17H28O3. The fourth-order valence-corrected chi connectivity index (χ4v) is 2.28. The third-order valence-electron chi connectivity index (χ3n) is 3.57. The van der Waals surface area contributed by atoms with E-state index >= 15 is 0 Å². The Kier molecular flexibility index (Phi) is 7.93. The number of phenolic OH excluding ortho intramolecular Hbond substituents is 2. The SMILES string of the molecule is CCCCCCCCCOc1c(CC)ccc(O)c1O. The molecule has 3 nitrogen and oxygen atoms in total. The second kappa shape index (κ2) is 9.51. The Morgan fingerprint density at radius 1 is 0.900 bits per heavy atom. The number of aryl methyl sites for hydroxylation is 1. The molecule has 0 aliphatic carbocycles. The standard InChI is InChI=1S/C17H28O3/c1-3-5-6-7-8-9-10-13-20-17-14(4-2)11-12-15(18)16(17)19/h11-12,18-19H,3-10,13H2,1-2H3. The van der Waals surface area contributed by atoms with E-state index in [0.717, 1.165) is 24.8 Å². The predicted octanol–water partition coefficient (Wildman–Crippen LogP) is 4.79. The maximum atomic E-state index is 9.83. The number of phenols is 2. The number of benzene rings is 1. The fourth-order valence-electron chi connectivity index (χ4n) is 2.28. The van der Waals surface area contributed by atoms with Gasteiger partial charge in [-0.2, -0.15) is 0 Å². The van der Waals surface area contributed by atoms with Crippen molar-refractivity contribution in [2.75, 3.05) is 6.61 Å². The molecule has 2 N–H and O–H groups in total. The Labute approximate surface area is 122 Å². The summed E-state index contributed by atoms with van der Waals surface area (Å²) in [5.74, 6) is 0.197. The van der Waals surface area contributed by atoms with Gasteiger partial charge in [-0.3, -0.25) is 0 Å². The summed E-state index contributed by atoms with van der Waals surface area (Å²) in [5.41, 5.74) is 0.934. The molecule has 0 atom stereocenters. The van der Waals surface area contributed by atoms with Crippen LogP contribution in [0.1, 0.15) is 64.4 Å². The molecule has 0 aliphatic rings. The molecule has 3 heteroatoms. The number of ether oxygens (including phenoxy) is 1. The molecule has 0 amide bonds. The van der Waals surface area contributed by atoms with Crippen LogP contribution in [0.5, 0.6) is 17.2 Å². The van der Waals surface area contributed by atoms with E-state index in [4.69, 9.17) is 4.74 Å². The summed E-state index contributed by atoms with van der Waals surface area (Å²) in [6.45, 7) is 4.82. The second-order valence-electron chi connectivity index (χ2n) is 5.24. The third kappa shape index (κ3) is 5.32. The number of rotatable bonds is 10. The van der Waals surface area contributed by atoms with Crippen LogP contribution in [0.2, 0.25) is 0 Å². The number of hydrogen-bond acceptors (Lipinski definition) is 3. The molecule has 0 fully saturated rings. The van der Waals surface area contributed by atoms with Gasteiger partial charge in [0.25, 0.3) is 0 Å². The lowest BCUT2D eigenvalue weighted by molar-refractivity contribution is 0.280. The summed E-state index contributed by atoms with van der Waals surface area (Å²) in [4.78, 5) is 0. The molecule has 0 radical (unpaired) electrons.